The van der Waals surface area contributed by atoms with Crippen molar-refractivity contribution >= 4 is 27.3 Å². The van der Waals surface area contributed by atoms with E-state index in [9.17, 15) is 13.2 Å². The van der Waals surface area contributed by atoms with Crippen LogP contribution in [0.25, 0.3) is 0 Å². The molecule has 0 bridgehead atoms. The van der Waals surface area contributed by atoms with Gasteiger partial charge in [-0.1, -0.05) is 19.9 Å². The van der Waals surface area contributed by atoms with Crippen molar-refractivity contribution in [3.63, 3.8) is 0 Å². The van der Waals surface area contributed by atoms with Gasteiger partial charge in [0, 0.05) is 38.6 Å². The van der Waals surface area contributed by atoms with Gasteiger partial charge < -0.3 is 10.2 Å². The molecule has 0 aromatic carbocycles. The number of piperidine rings is 2. The van der Waals surface area contributed by atoms with Gasteiger partial charge in [-0.05, 0) is 55.5 Å². The summed E-state index contributed by atoms with van der Waals surface area (Å²) in [6.07, 6.45) is 3.47. The Morgan fingerprint density at radius 1 is 1.21 bits per heavy atom. The van der Waals surface area contributed by atoms with Crippen molar-refractivity contribution in [1.82, 2.24) is 14.5 Å². The van der Waals surface area contributed by atoms with Gasteiger partial charge in [0.05, 0.1) is 0 Å². The fourth-order valence-electron chi connectivity index (χ4n) is 4.53. The zero-order chi connectivity index (χ0) is 20.1. The minimum Gasteiger partial charge on any atom is -0.356 e. The molecule has 2 saturated heterocycles. The Bertz CT molecular complexity index is 718. The van der Waals surface area contributed by atoms with Crippen LogP contribution in [0, 0.1) is 17.8 Å². The molecule has 2 aliphatic heterocycles. The number of amides is 1. The third-order valence-electron chi connectivity index (χ3n) is 5.81. The van der Waals surface area contributed by atoms with Crippen LogP contribution in [0.3, 0.4) is 0 Å². The second-order valence-corrected chi connectivity index (χ2v) is 11.6. The van der Waals surface area contributed by atoms with Crippen molar-refractivity contribution < 1.29 is 13.2 Å². The van der Waals surface area contributed by atoms with Gasteiger partial charge in [-0.25, -0.2) is 8.42 Å². The van der Waals surface area contributed by atoms with E-state index < -0.39 is 10.0 Å². The Labute approximate surface area is 173 Å². The van der Waals surface area contributed by atoms with E-state index in [1.54, 1.807) is 17.5 Å². The number of thiophene rings is 1. The maximum absolute atomic E-state index is 12.6. The number of hydrogen-bond donors (Lipinski definition) is 1. The molecule has 1 aromatic heterocycles. The number of likely N-dealkylation sites (tertiary alicyclic amines) is 1. The minimum atomic E-state index is -3.40. The Morgan fingerprint density at radius 3 is 2.50 bits per heavy atom. The van der Waals surface area contributed by atoms with Crippen molar-refractivity contribution in [2.75, 3.05) is 39.3 Å². The molecular formula is C20H33N3O3S2. The van der Waals surface area contributed by atoms with Gasteiger partial charge in [0.25, 0.3) is 10.0 Å². The van der Waals surface area contributed by atoms with E-state index >= 15 is 0 Å². The molecule has 1 N–H and O–H groups in total. The number of rotatable bonds is 7. The molecule has 8 heteroatoms. The quantitative estimate of drug-likeness (QED) is 0.679. The predicted octanol–water partition coefficient (Wildman–Crippen LogP) is 2.63. The molecule has 0 aliphatic carbocycles. The Morgan fingerprint density at radius 2 is 1.89 bits per heavy atom. The highest BCUT2D eigenvalue weighted by Crippen LogP contribution is 2.26. The van der Waals surface area contributed by atoms with Crippen LogP contribution >= 0.6 is 11.3 Å². The van der Waals surface area contributed by atoms with E-state index in [0.29, 0.717) is 36.7 Å². The number of nitrogens with one attached hydrogen (secondary N) is 1. The molecule has 0 spiro atoms. The van der Waals surface area contributed by atoms with Gasteiger partial charge in [0.1, 0.15) is 4.21 Å². The van der Waals surface area contributed by atoms with E-state index in [2.05, 4.69) is 24.1 Å². The summed E-state index contributed by atoms with van der Waals surface area (Å²) in [5.74, 6) is 1.52. The first-order valence-corrected chi connectivity index (χ1v) is 12.7. The van der Waals surface area contributed by atoms with Crippen molar-refractivity contribution in [2.24, 2.45) is 17.8 Å². The number of carbonyl (C=O) groups is 1. The second kappa shape index (κ2) is 9.69. The van der Waals surface area contributed by atoms with Crippen LogP contribution in [0.1, 0.15) is 39.5 Å². The van der Waals surface area contributed by atoms with Crippen LogP contribution in [0.15, 0.2) is 21.7 Å². The molecule has 2 fully saturated rings. The average Bonchev–Trinajstić information content (AvgIpc) is 3.20. The number of sulfonamides is 1. The third-order valence-corrected chi connectivity index (χ3v) is 9.08. The van der Waals surface area contributed by atoms with E-state index in [4.69, 9.17) is 0 Å². The summed E-state index contributed by atoms with van der Waals surface area (Å²) >= 11 is 1.24. The summed E-state index contributed by atoms with van der Waals surface area (Å²) < 4.78 is 27.0. The fourth-order valence-corrected chi connectivity index (χ4v) is 7.14. The Hall–Kier alpha value is -0.960. The normalized spacial score (nSPS) is 25.6. The second-order valence-electron chi connectivity index (χ2n) is 8.46. The topological polar surface area (TPSA) is 69.7 Å². The average molecular weight is 428 g/mol. The molecule has 28 heavy (non-hydrogen) atoms. The molecule has 3 rings (SSSR count). The molecule has 0 saturated carbocycles. The fraction of sp³-hybridized carbons (Fsp3) is 0.750. The van der Waals surface area contributed by atoms with E-state index in [0.717, 1.165) is 37.9 Å². The Kier molecular flexibility index (Phi) is 7.53. The smallest absolute Gasteiger partial charge is 0.252 e. The van der Waals surface area contributed by atoms with Crippen LogP contribution in [0.5, 0.6) is 0 Å². The molecule has 1 aromatic rings. The van der Waals surface area contributed by atoms with Crippen LogP contribution in [-0.4, -0.2) is 62.8 Å². The molecule has 0 radical (unpaired) electrons. The zero-order valence-corrected chi connectivity index (χ0v) is 18.6. The molecule has 0 unspecified atom stereocenters. The number of nitrogens with zero attached hydrogens (tertiary/aromatic N) is 2. The summed E-state index contributed by atoms with van der Waals surface area (Å²) in [6.45, 7) is 9.53. The molecule has 6 nitrogen and oxygen atoms in total. The highest BCUT2D eigenvalue weighted by molar-refractivity contribution is 7.91. The summed E-state index contributed by atoms with van der Waals surface area (Å²) in [4.78, 5) is 15.0. The molecule has 1 amide bonds. The number of hydrogen-bond acceptors (Lipinski definition) is 5. The van der Waals surface area contributed by atoms with Gasteiger partial charge in [-0.3, -0.25) is 4.79 Å². The lowest BCUT2D eigenvalue weighted by atomic mass is 9.92. The SMILES string of the molecule is C[C@H]1C[C@H](C)CN(CCCNC(=O)C2CCN(S(=O)(=O)c3cccs3)CC2)C1. The van der Waals surface area contributed by atoms with E-state index in [1.165, 1.54) is 22.1 Å². The summed E-state index contributed by atoms with van der Waals surface area (Å²) in [5, 5.41) is 4.84. The van der Waals surface area contributed by atoms with Crippen molar-refractivity contribution in [2.45, 2.75) is 43.7 Å². The van der Waals surface area contributed by atoms with Gasteiger partial charge in [0.2, 0.25) is 5.91 Å². The van der Waals surface area contributed by atoms with Gasteiger partial charge >= 0.3 is 0 Å². The lowest BCUT2D eigenvalue weighted by molar-refractivity contribution is -0.126. The molecular weight excluding hydrogens is 394 g/mol. The first-order valence-electron chi connectivity index (χ1n) is 10.4. The third kappa shape index (κ3) is 5.55. The first kappa shape index (κ1) is 21.7. The molecule has 2 aliphatic rings. The van der Waals surface area contributed by atoms with Gasteiger partial charge in [-0.2, -0.15) is 4.31 Å². The van der Waals surface area contributed by atoms with E-state index in [-0.39, 0.29) is 11.8 Å². The summed E-state index contributed by atoms with van der Waals surface area (Å²) in [7, 11) is -3.40. The molecule has 3 heterocycles. The summed E-state index contributed by atoms with van der Waals surface area (Å²) in [6, 6.07) is 3.39. The van der Waals surface area contributed by atoms with Crippen LogP contribution in [0.2, 0.25) is 0 Å². The predicted molar refractivity (Wildman–Crippen MR) is 113 cm³/mol. The maximum Gasteiger partial charge on any atom is 0.252 e. The van der Waals surface area contributed by atoms with Crippen molar-refractivity contribution in [3.8, 4) is 0 Å². The largest absolute Gasteiger partial charge is 0.356 e. The minimum absolute atomic E-state index is 0.0774. The van der Waals surface area contributed by atoms with E-state index in [1.807, 2.05) is 0 Å². The lowest BCUT2D eigenvalue weighted by Gasteiger charge is -2.35. The van der Waals surface area contributed by atoms with Crippen molar-refractivity contribution in [1.29, 1.82) is 0 Å². The van der Waals surface area contributed by atoms with Crippen LogP contribution in [-0.2, 0) is 14.8 Å². The Balaban J connectivity index is 1.36. The van der Waals surface area contributed by atoms with Crippen LogP contribution < -0.4 is 5.32 Å². The monoisotopic (exact) mass is 427 g/mol. The highest BCUT2D eigenvalue weighted by Gasteiger charge is 2.32. The maximum atomic E-state index is 12.6. The van der Waals surface area contributed by atoms with Gasteiger partial charge in [-0.15, -0.1) is 11.3 Å². The van der Waals surface area contributed by atoms with Crippen LogP contribution in [0.4, 0.5) is 0 Å². The lowest BCUT2D eigenvalue weighted by Crippen LogP contribution is -2.43. The number of carbonyl (C=O) groups excluding carboxylic acids is 1. The first-order chi connectivity index (χ1) is 13.4. The molecule has 158 valence electrons. The summed E-state index contributed by atoms with van der Waals surface area (Å²) in [5.41, 5.74) is 0. The molecule has 2 atom stereocenters. The zero-order valence-electron chi connectivity index (χ0n) is 17.0. The van der Waals surface area contributed by atoms with Gasteiger partial charge in [0.15, 0.2) is 0 Å². The standard InChI is InChI=1S/C20H33N3O3S2/c1-16-13-17(2)15-22(14-16)9-4-8-21-20(24)18-6-10-23(11-7-18)28(25,26)19-5-3-12-27-19/h3,5,12,16-18H,4,6-11,13-15H2,1-2H3,(H,21,24)/t16-,17-/m0/s1. The van der Waals surface area contributed by atoms with Crippen molar-refractivity contribution in [3.05, 3.63) is 17.5 Å². The highest BCUT2D eigenvalue weighted by atomic mass is 32.2.